The van der Waals surface area contributed by atoms with Crippen molar-refractivity contribution in [3.8, 4) is 10.6 Å². The summed E-state index contributed by atoms with van der Waals surface area (Å²) in [7, 11) is 0. The minimum Gasteiger partial charge on any atom is -0.332 e. The van der Waals surface area contributed by atoms with E-state index >= 15 is 0 Å². The number of carbonyl (C=O) groups excluding carboxylic acids is 1. The normalized spacial score (nSPS) is 10.9. The third-order valence-electron chi connectivity index (χ3n) is 4.62. The molecule has 4 rings (SSSR count). The summed E-state index contributed by atoms with van der Waals surface area (Å²) in [6, 6.07) is 14.1. The van der Waals surface area contributed by atoms with Crippen LogP contribution in [0.5, 0.6) is 0 Å². The topological polar surface area (TPSA) is 88.4 Å². The van der Waals surface area contributed by atoms with Gasteiger partial charge in [-0.2, -0.15) is 9.61 Å². The highest BCUT2D eigenvalue weighted by Crippen LogP contribution is 2.27. The van der Waals surface area contributed by atoms with Gasteiger partial charge in [0.15, 0.2) is 0 Å². The quantitative estimate of drug-likeness (QED) is 0.493. The molecule has 0 unspecified atom stereocenters. The third-order valence-corrected chi connectivity index (χ3v) is 5.97. The Hall–Kier alpha value is -3.23. The molecule has 0 aliphatic rings. The van der Waals surface area contributed by atoms with Crippen LogP contribution in [0.2, 0.25) is 5.02 Å². The molecule has 4 aromatic rings. The summed E-state index contributed by atoms with van der Waals surface area (Å²) in [5.74, 6) is 0. The van der Waals surface area contributed by atoms with Crippen LogP contribution >= 0.6 is 22.9 Å². The number of aryl methyl sites for hydroxylation is 1. The number of rotatable bonds is 4. The molecule has 152 valence electrons. The second-order valence-electron chi connectivity index (χ2n) is 6.72. The van der Waals surface area contributed by atoms with E-state index in [2.05, 4.69) is 20.7 Å². The highest BCUT2D eigenvalue weighted by molar-refractivity contribution is 7.19. The molecule has 0 spiro atoms. The van der Waals surface area contributed by atoms with Gasteiger partial charge in [0, 0.05) is 22.3 Å². The second kappa shape index (κ2) is 8.25. The second-order valence-corrected chi connectivity index (χ2v) is 8.09. The van der Waals surface area contributed by atoms with E-state index in [0.717, 1.165) is 21.7 Å². The molecular weight excluding hydrogens is 422 g/mol. The van der Waals surface area contributed by atoms with Gasteiger partial charge in [-0.05, 0) is 37.1 Å². The molecule has 2 heterocycles. The molecule has 0 saturated heterocycles. The predicted octanol–water partition coefficient (Wildman–Crippen LogP) is 4.41. The van der Waals surface area contributed by atoms with Crippen LogP contribution in [-0.4, -0.2) is 20.6 Å². The molecule has 0 aliphatic heterocycles. The van der Waals surface area contributed by atoms with Crippen molar-refractivity contribution >= 4 is 39.6 Å². The third kappa shape index (κ3) is 4.05. The fourth-order valence-electron chi connectivity index (χ4n) is 2.95. The summed E-state index contributed by atoms with van der Waals surface area (Å²) < 4.78 is 1.28. The number of anilines is 1. The van der Waals surface area contributed by atoms with Crippen LogP contribution in [0.4, 0.5) is 10.5 Å². The molecule has 2 aromatic carbocycles. The number of hydrogen-bond donors (Lipinski definition) is 2. The van der Waals surface area contributed by atoms with Crippen LogP contribution in [0.25, 0.3) is 15.5 Å². The average Bonchev–Trinajstić information content (AvgIpc) is 3.15. The molecule has 2 aromatic heterocycles. The summed E-state index contributed by atoms with van der Waals surface area (Å²) in [6.07, 6.45) is 0. The number of benzene rings is 2. The van der Waals surface area contributed by atoms with Gasteiger partial charge in [-0.15, -0.1) is 0 Å². The van der Waals surface area contributed by atoms with Gasteiger partial charge in [0.25, 0.3) is 5.56 Å². The zero-order chi connectivity index (χ0) is 21.3. The monoisotopic (exact) mass is 439 g/mol. The SMILES string of the molecule is Cc1ccccc1-c1nn2c(=O)cc(CNC(=O)Nc3cccc(Cl)c3C)nc2s1. The maximum absolute atomic E-state index is 12.5. The van der Waals surface area contributed by atoms with Crippen molar-refractivity contribution < 1.29 is 4.79 Å². The number of amides is 2. The highest BCUT2D eigenvalue weighted by atomic mass is 35.5. The molecule has 9 heteroatoms. The van der Waals surface area contributed by atoms with Crippen molar-refractivity contribution in [3.63, 3.8) is 0 Å². The largest absolute Gasteiger partial charge is 0.332 e. The first-order valence-corrected chi connectivity index (χ1v) is 10.4. The first-order chi connectivity index (χ1) is 14.4. The fourth-order valence-corrected chi connectivity index (χ4v) is 4.14. The van der Waals surface area contributed by atoms with Gasteiger partial charge in [0.05, 0.1) is 12.2 Å². The summed E-state index contributed by atoms with van der Waals surface area (Å²) in [5.41, 5.74) is 3.59. The van der Waals surface area contributed by atoms with E-state index in [0.29, 0.717) is 21.4 Å². The zero-order valence-corrected chi connectivity index (χ0v) is 17.8. The molecule has 7 nitrogen and oxygen atoms in total. The molecule has 0 fully saturated rings. The summed E-state index contributed by atoms with van der Waals surface area (Å²) in [6.45, 7) is 3.92. The Morgan fingerprint density at radius 3 is 2.77 bits per heavy atom. The summed E-state index contributed by atoms with van der Waals surface area (Å²) >= 11 is 7.41. The Kier molecular flexibility index (Phi) is 5.52. The Bertz CT molecular complexity index is 1310. The van der Waals surface area contributed by atoms with E-state index in [4.69, 9.17) is 11.6 Å². The zero-order valence-electron chi connectivity index (χ0n) is 16.3. The Labute approximate surface area is 181 Å². The number of halogens is 1. The van der Waals surface area contributed by atoms with Gasteiger partial charge in [-0.3, -0.25) is 4.79 Å². The van der Waals surface area contributed by atoms with Crippen LogP contribution in [0, 0.1) is 13.8 Å². The lowest BCUT2D eigenvalue weighted by atomic mass is 10.1. The molecule has 2 amide bonds. The van der Waals surface area contributed by atoms with Crippen molar-refractivity contribution in [1.29, 1.82) is 0 Å². The van der Waals surface area contributed by atoms with E-state index in [1.54, 1.807) is 18.2 Å². The standard InChI is InChI=1S/C21H18ClN5O2S/c1-12-6-3-4-7-15(12)19-26-27-18(28)10-14(24-21(27)30-19)11-23-20(29)25-17-9-5-8-16(22)13(17)2/h3-10H,11H2,1-2H3,(H2,23,25,29). The van der Waals surface area contributed by atoms with Gasteiger partial charge in [-0.25, -0.2) is 9.78 Å². The van der Waals surface area contributed by atoms with Crippen LogP contribution in [0.15, 0.2) is 53.3 Å². The molecule has 2 N–H and O–H groups in total. The van der Waals surface area contributed by atoms with E-state index in [9.17, 15) is 9.59 Å². The van der Waals surface area contributed by atoms with Gasteiger partial charge < -0.3 is 10.6 Å². The number of nitrogens with one attached hydrogen (secondary N) is 2. The lowest BCUT2D eigenvalue weighted by Gasteiger charge is -2.10. The van der Waals surface area contributed by atoms with E-state index in [1.165, 1.54) is 21.9 Å². The van der Waals surface area contributed by atoms with Gasteiger partial charge >= 0.3 is 6.03 Å². The van der Waals surface area contributed by atoms with Crippen molar-refractivity contribution in [2.24, 2.45) is 0 Å². The maximum atomic E-state index is 12.5. The summed E-state index contributed by atoms with van der Waals surface area (Å²) in [4.78, 5) is 29.7. The number of urea groups is 1. The highest BCUT2D eigenvalue weighted by Gasteiger charge is 2.13. The van der Waals surface area contributed by atoms with Crippen molar-refractivity contribution in [2.75, 3.05) is 5.32 Å². The van der Waals surface area contributed by atoms with Crippen LogP contribution < -0.4 is 16.2 Å². The molecule has 0 saturated carbocycles. The van der Waals surface area contributed by atoms with Crippen LogP contribution in [0.3, 0.4) is 0 Å². The molecule has 0 bridgehead atoms. The first-order valence-electron chi connectivity index (χ1n) is 9.18. The molecule has 0 radical (unpaired) electrons. The molecular formula is C21H18ClN5O2S. The van der Waals surface area contributed by atoms with E-state index in [-0.39, 0.29) is 12.1 Å². The molecule has 30 heavy (non-hydrogen) atoms. The number of carbonyl (C=O) groups is 1. The number of hydrogen-bond acceptors (Lipinski definition) is 5. The minimum atomic E-state index is -0.410. The van der Waals surface area contributed by atoms with Crippen molar-refractivity contribution in [3.05, 3.63) is 80.7 Å². The summed E-state index contributed by atoms with van der Waals surface area (Å²) in [5, 5.41) is 11.2. The fraction of sp³-hybridized carbons (Fsp3) is 0.143. The van der Waals surface area contributed by atoms with Gasteiger partial charge in [-0.1, -0.05) is 53.3 Å². The Morgan fingerprint density at radius 2 is 1.97 bits per heavy atom. The van der Waals surface area contributed by atoms with Crippen molar-refractivity contribution in [2.45, 2.75) is 20.4 Å². The smallest absolute Gasteiger partial charge is 0.319 e. The number of fused-ring (bicyclic) bond motifs is 1. The van der Waals surface area contributed by atoms with Gasteiger partial charge in [0.2, 0.25) is 4.96 Å². The van der Waals surface area contributed by atoms with Crippen molar-refractivity contribution in [1.82, 2.24) is 19.9 Å². The predicted molar refractivity (Wildman–Crippen MR) is 119 cm³/mol. The number of aromatic nitrogens is 3. The lowest BCUT2D eigenvalue weighted by molar-refractivity contribution is 0.251. The lowest BCUT2D eigenvalue weighted by Crippen LogP contribution is -2.29. The molecule has 0 atom stereocenters. The Balaban J connectivity index is 1.52. The molecule has 0 aliphatic carbocycles. The average molecular weight is 440 g/mol. The van der Waals surface area contributed by atoms with Crippen LogP contribution in [-0.2, 0) is 6.54 Å². The maximum Gasteiger partial charge on any atom is 0.319 e. The number of nitrogens with zero attached hydrogens (tertiary/aromatic N) is 3. The first kappa shape index (κ1) is 20.1. The van der Waals surface area contributed by atoms with E-state index < -0.39 is 6.03 Å². The van der Waals surface area contributed by atoms with E-state index in [1.807, 2.05) is 38.1 Å². The van der Waals surface area contributed by atoms with Gasteiger partial charge in [0.1, 0.15) is 5.01 Å². The van der Waals surface area contributed by atoms with Crippen LogP contribution in [0.1, 0.15) is 16.8 Å². The Morgan fingerprint density at radius 1 is 1.17 bits per heavy atom. The minimum absolute atomic E-state index is 0.106.